The second-order valence-corrected chi connectivity index (χ2v) is 6.72. The lowest BCUT2D eigenvalue weighted by Gasteiger charge is -2.06. The van der Waals surface area contributed by atoms with E-state index in [0.29, 0.717) is 28.6 Å². The molecule has 7 heteroatoms. The SMILES string of the molecule is O=C(NCCc1csc(-c2cccnc2)n1)c1ccc(Cl)cc1Cl. The summed E-state index contributed by atoms with van der Waals surface area (Å²) < 4.78 is 0. The van der Waals surface area contributed by atoms with Crippen LogP contribution in [0, 0.1) is 0 Å². The number of aromatic nitrogens is 2. The van der Waals surface area contributed by atoms with Crippen LogP contribution in [0.3, 0.4) is 0 Å². The molecule has 24 heavy (non-hydrogen) atoms. The first kappa shape index (κ1) is 16.9. The van der Waals surface area contributed by atoms with Gasteiger partial charge in [-0.15, -0.1) is 11.3 Å². The molecule has 0 saturated heterocycles. The molecule has 0 bridgehead atoms. The number of hydrogen-bond acceptors (Lipinski definition) is 4. The molecule has 2 aromatic heterocycles. The van der Waals surface area contributed by atoms with E-state index < -0.39 is 0 Å². The highest BCUT2D eigenvalue weighted by Crippen LogP contribution is 2.23. The maximum atomic E-state index is 12.1. The highest BCUT2D eigenvalue weighted by atomic mass is 35.5. The summed E-state index contributed by atoms with van der Waals surface area (Å²) in [5.74, 6) is -0.223. The van der Waals surface area contributed by atoms with Crippen molar-refractivity contribution in [2.75, 3.05) is 6.54 Å². The fourth-order valence-electron chi connectivity index (χ4n) is 2.12. The Kier molecular flexibility index (Phi) is 5.45. The number of nitrogens with zero attached hydrogens (tertiary/aromatic N) is 2. The van der Waals surface area contributed by atoms with Crippen LogP contribution >= 0.6 is 34.5 Å². The van der Waals surface area contributed by atoms with Crippen molar-refractivity contribution in [3.63, 3.8) is 0 Å². The standard InChI is InChI=1S/C17H13Cl2N3OS/c18-12-3-4-14(15(19)8-12)16(23)21-7-5-13-10-24-17(22-13)11-2-1-6-20-9-11/h1-4,6,8-10H,5,7H2,(H,21,23). The van der Waals surface area contributed by atoms with E-state index in [1.54, 1.807) is 41.9 Å². The van der Waals surface area contributed by atoms with E-state index in [2.05, 4.69) is 15.3 Å². The Balaban J connectivity index is 1.57. The van der Waals surface area contributed by atoms with Crippen molar-refractivity contribution >= 4 is 40.4 Å². The van der Waals surface area contributed by atoms with Crippen molar-refractivity contribution in [3.05, 3.63) is 69.4 Å². The molecule has 1 amide bonds. The molecule has 1 N–H and O–H groups in total. The van der Waals surface area contributed by atoms with Crippen LogP contribution in [0.2, 0.25) is 10.0 Å². The maximum absolute atomic E-state index is 12.1. The number of pyridine rings is 1. The van der Waals surface area contributed by atoms with Gasteiger partial charge in [0.15, 0.2) is 0 Å². The van der Waals surface area contributed by atoms with Crippen LogP contribution in [0.1, 0.15) is 16.1 Å². The number of rotatable bonds is 5. The number of carbonyl (C=O) groups is 1. The molecule has 1 aromatic carbocycles. The molecular formula is C17H13Cl2N3OS. The molecule has 0 saturated carbocycles. The quantitative estimate of drug-likeness (QED) is 0.712. The number of benzene rings is 1. The van der Waals surface area contributed by atoms with Gasteiger partial charge in [-0.2, -0.15) is 0 Å². The Labute approximate surface area is 153 Å². The molecular weight excluding hydrogens is 365 g/mol. The molecule has 0 aliphatic rings. The van der Waals surface area contributed by atoms with Gasteiger partial charge >= 0.3 is 0 Å². The summed E-state index contributed by atoms with van der Waals surface area (Å²) in [5, 5.41) is 6.60. The Morgan fingerprint density at radius 1 is 1.25 bits per heavy atom. The van der Waals surface area contributed by atoms with Crippen molar-refractivity contribution in [3.8, 4) is 10.6 Å². The average molecular weight is 378 g/mol. The van der Waals surface area contributed by atoms with Crippen molar-refractivity contribution < 1.29 is 4.79 Å². The van der Waals surface area contributed by atoms with E-state index in [1.165, 1.54) is 0 Å². The lowest BCUT2D eigenvalue weighted by molar-refractivity contribution is 0.0954. The van der Waals surface area contributed by atoms with Crippen molar-refractivity contribution in [1.29, 1.82) is 0 Å². The highest BCUT2D eigenvalue weighted by Gasteiger charge is 2.11. The molecule has 3 aromatic rings. The summed E-state index contributed by atoms with van der Waals surface area (Å²) in [6, 6.07) is 8.66. The third kappa shape index (κ3) is 4.12. The topological polar surface area (TPSA) is 54.9 Å². The molecule has 4 nitrogen and oxygen atoms in total. The van der Waals surface area contributed by atoms with Gasteiger partial charge < -0.3 is 5.32 Å². The number of amides is 1. The molecule has 0 aliphatic carbocycles. The summed E-state index contributed by atoms with van der Waals surface area (Å²) in [6.45, 7) is 0.480. The fraction of sp³-hybridized carbons (Fsp3) is 0.118. The molecule has 3 rings (SSSR count). The van der Waals surface area contributed by atoms with Gasteiger partial charge in [-0.1, -0.05) is 23.2 Å². The van der Waals surface area contributed by atoms with Gasteiger partial charge in [0.25, 0.3) is 5.91 Å². The average Bonchev–Trinajstić information content (AvgIpc) is 3.04. The first-order valence-electron chi connectivity index (χ1n) is 7.21. The van der Waals surface area contributed by atoms with Crippen LogP contribution in [0.15, 0.2) is 48.1 Å². The molecule has 0 radical (unpaired) electrons. The third-order valence-corrected chi connectivity index (χ3v) is 4.79. The minimum Gasteiger partial charge on any atom is -0.352 e. The zero-order chi connectivity index (χ0) is 16.9. The van der Waals surface area contributed by atoms with Gasteiger partial charge in [-0.25, -0.2) is 4.98 Å². The number of carbonyl (C=O) groups excluding carboxylic acids is 1. The molecule has 0 atom stereocenters. The number of hydrogen-bond donors (Lipinski definition) is 1. The van der Waals surface area contributed by atoms with Crippen molar-refractivity contribution in [2.24, 2.45) is 0 Å². The largest absolute Gasteiger partial charge is 0.352 e. The molecule has 2 heterocycles. The van der Waals surface area contributed by atoms with E-state index in [4.69, 9.17) is 23.2 Å². The monoisotopic (exact) mass is 377 g/mol. The Morgan fingerprint density at radius 2 is 2.12 bits per heavy atom. The van der Waals surface area contributed by atoms with Gasteiger partial charge in [0.2, 0.25) is 0 Å². The normalized spacial score (nSPS) is 10.6. The van der Waals surface area contributed by atoms with Gasteiger partial charge in [0.1, 0.15) is 5.01 Å². The van der Waals surface area contributed by atoms with Crippen LogP contribution in [0.4, 0.5) is 0 Å². The Bertz CT molecular complexity index is 852. The molecule has 0 fully saturated rings. The van der Waals surface area contributed by atoms with Crippen LogP contribution in [-0.4, -0.2) is 22.4 Å². The Morgan fingerprint density at radius 3 is 2.88 bits per heavy atom. The molecule has 122 valence electrons. The van der Waals surface area contributed by atoms with E-state index in [9.17, 15) is 4.79 Å². The first-order chi connectivity index (χ1) is 11.6. The first-order valence-corrected chi connectivity index (χ1v) is 8.85. The minimum atomic E-state index is -0.223. The lowest BCUT2D eigenvalue weighted by atomic mass is 10.2. The fourth-order valence-corrected chi connectivity index (χ4v) is 3.46. The predicted octanol–water partition coefficient (Wildman–Crippen LogP) is 4.48. The summed E-state index contributed by atoms with van der Waals surface area (Å²) in [4.78, 5) is 20.8. The van der Waals surface area contributed by atoms with Crippen LogP contribution < -0.4 is 5.32 Å². The number of halogens is 2. The van der Waals surface area contributed by atoms with Gasteiger partial charge in [0, 0.05) is 41.3 Å². The predicted molar refractivity (Wildman–Crippen MR) is 97.8 cm³/mol. The highest BCUT2D eigenvalue weighted by molar-refractivity contribution is 7.13. The molecule has 0 unspecified atom stereocenters. The van der Waals surface area contributed by atoms with E-state index in [-0.39, 0.29) is 5.91 Å². The minimum absolute atomic E-state index is 0.223. The maximum Gasteiger partial charge on any atom is 0.252 e. The summed E-state index contributed by atoms with van der Waals surface area (Å²) >= 11 is 13.4. The zero-order valence-corrected chi connectivity index (χ0v) is 14.8. The van der Waals surface area contributed by atoms with E-state index >= 15 is 0 Å². The van der Waals surface area contributed by atoms with E-state index in [1.807, 2.05) is 17.5 Å². The summed E-state index contributed by atoms with van der Waals surface area (Å²) in [6.07, 6.45) is 4.16. The van der Waals surface area contributed by atoms with Gasteiger partial charge in [-0.05, 0) is 30.3 Å². The van der Waals surface area contributed by atoms with Gasteiger partial charge in [-0.3, -0.25) is 9.78 Å². The Hall–Kier alpha value is -1.95. The van der Waals surface area contributed by atoms with E-state index in [0.717, 1.165) is 16.3 Å². The second kappa shape index (κ2) is 7.75. The van der Waals surface area contributed by atoms with Crippen LogP contribution in [0.5, 0.6) is 0 Å². The van der Waals surface area contributed by atoms with Crippen LogP contribution in [0.25, 0.3) is 10.6 Å². The van der Waals surface area contributed by atoms with Crippen molar-refractivity contribution in [1.82, 2.24) is 15.3 Å². The lowest BCUT2D eigenvalue weighted by Crippen LogP contribution is -2.26. The zero-order valence-electron chi connectivity index (χ0n) is 12.5. The van der Waals surface area contributed by atoms with Crippen molar-refractivity contribution in [2.45, 2.75) is 6.42 Å². The summed E-state index contributed by atoms with van der Waals surface area (Å²) in [7, 11) is 0. The molecule has 0 aliphatic heterocycles. The number of nitrogens with one attached hydrogen (secondary N) is 1. The second-order valence-electron chi connectivity index (χ2n) is 5.02. The van der Waals surface area contributed by atoms with Gasteiger partial charge in [0.05, 0.1) is 16.3 Å². The molecule has 0 spiro atoms. The summed E-state index contributed by atoms with van der Waals surface area (Å²) in [5.41, 5.74) is 2.34. The van der Waals surface area contributed by atoms with Crippen LogP contribution in [-0.2, 0) is 6.42 Å². The smallest absolute Gasteiger partial charge is 0.252 e. The third-order valence-electron chi connectivity index (χ3n) is 3.30. The number of thiazole rings is 1.